The summed E-state index contributed by atoms with van der Waals surface area (Å²) in [5.74, 6) is 0.795. The Balaban J connectivity index is 3.03. The molecule has 0 radical (unpaired) electrons. The Labute approximate surface area is 124 Å². The highest BCUT2D eigenvalue weighted by Crippen LogP contribution is 2.29. The summed E-state index contributed by atoms with van der Waals surface area (Å²) in [6, 6.07) is 1.77. The first-order chi connectivity index (χ1) is 8.84. The molecule has 0 amide bonds. The fourth-order valence-corrected chi connectivity index (χ4v) is 5.63. The Kier molecular flexibility index (Phi) is 6.32. The number of hydrogen-bond acceptors (Lipinski definition) is 5. The molecule has 0 saturated heterocycles. The van der Waals surface area contributed by atoms with Crippen molar-refractivity contribution in [3.05, 3.63) is 16.5 Å². The van der Waals surface area contributed by atoms with Crippen LogP contribution in [0.15, 0.2) is 10.3 Å². The molecule has 4 nitrogen and oxygen atoms in total. The highest BCUT2D eigenvalue weighted by Gasteiger charge is 2.27. The average molecular weight is 323 g/mol. The lowest BCUT2D eigenvalue weighted by Crippen LogP contribution is -2.36. The Bertz CT molecular complexity index is 511. The van der Waals surface area contributed by atoms with Crippen molar-refractivity contribution in [1.82, 2.24) is 9.62 Å². The standard InChI is InChI=1S/C12H22N2O2S3/c1-9-6-12(18-11(9)7-13-3)19(15,16)14(4)10(2)8-17-5/h6,10,13H,7-8H2,1-5H3. The average Bonchev–Trinajstić information content (AvgIpc) is 2.71. The highest BCUT2D eigenvalue weighted by atomic mass is 32.2. The van der Waals surface area contributed by atoms with E-state index in [1.165, 1.54) is 15.6 Å². The van der Waals surface area contributed by atoms with Gasteiger partial charge in [0.15, 0.2) is 0 Å². The van der Waals surface area contributed by atoms with Crippen molar-refractivity contribution >= 4 is 33.1 Å². The number of nitrogens with zero attached hydrogens (tertiary/aromatic N) is 1. The molecule has 1 unspecified atom stereocenters. The predicted molar refractivity (Wildman–Crippen MR) is 84.6 cm³/mol. The summed E-state index contributed by atoms with van der Waals surface area (Å²) < 4.78 is 27.0. The zero-order valence-corrected chi connectivity index (χ0v) is 14.5. The Morgan fingerprint density at radius 3 is 2.68 bits per heavy atom. The van der Waals surface area contributed by atoms with Crippen molar-refractivity contribution in [3.63, 3.8) is 0 Å². The van der Waals surface area contributed by atoms with Crippen LogP contribution in [0.5, 0.6) is 0 Å². The second kappa shape index (κ2) is 7.08. The molecular formula is C12H22N2O2S3. The zero-order valence-electron chi connectivity index (χ0n) is 12.1. The van der Waals surface area contributed by atoms with Crippen LogP contribution >= 0.6 is 23.1 Å². The molecular weight excluding hydrogens is 300 g/mol. The smallest absolute Gasteiger partial charge is 0.252 e. The van der Waals surface area contributed by atoms with E-state index in [4.69, 9.17) is 0 Å². The number of rotatable bonds is 7. The lowest BCUT2D eigenvalue weighted by atomic mass is 10.3. The Morgan fingerprint density at radius 2 is 2.16 bits per heavy atom. The first-order valence-electron chi connectivity index (χ1n) is 6.05. The van der Waals surface area contributed by atoms with Crippen molar-refractivity contribution in [3.8, 4) is 0 Å². The van der Waals surface area contributed by atoms with Crippen molar-refractivity contribution in [2.24, 2.45) is 0 Å². The summed E-state index contributed by atoms with van der Waals surface area (Å²) in [5.41, 5.74) is 1.03. The van der Waals surface area contributed by atoms with E-state index < -0.39 is 10.0 Å². The summed E-state index contributed by atoms with van der Waals surface area (Å²) in [6.07, 6.45) is 1.98. The fraction of sp³-hybridized carbons (Fsp3) is 0.667. The number of aryl methyl sites for hydroxylation is 1. The first kappa shape index (κ1) is 17.0. The van der Waals surface area contributed by atoms with E-state index in [1.807, 2.05) is 27.2 Å². The molecule has 0 aliphatic carbocycles. The number of nitrogens with one attached hydrogen (secondary N) is 1. The SMILES string of the molecule is CNCc1sc(S(=O)(=O)N(C)C(C)CSC)cc1C. The lowest BCUT2D eigenvalue weighted by molar-refractivity contribution is 0.416. The van der Waals surface area contributed by atoms with Gasteiger partial charge in [-0.1, -0.05) is 0 Å². The maximum absolute atomic E-state index is 12.5. The second-order valence-electron chi connectivity index (χ2n) is 4.53. The molecule has 1 atom stereocenters. The van der Waals surface area contributed by atoms with E-state index in [1.54, 1.807) is 24.9 Å². The van der Waals surface area contributed by atoms with Crippen LogP contribution in [-0.2, 0) is 16.6 Å². The third-order valence-electron chi connectivity index (χ3n) is 3.00. The fourth-order valence-electron chi connectivity index (χ4n) is 1.68. The molecule has 0 aliphatic rings. The van der Waals surface area contributed by atoms with Gasteiger partial charge in [-0.2, -0.15) is 16.1 Å². The van der Waals surface area contributed by atoms with Crippen LogP contribution in [0.1, 0.15) is 17.4 Å². The summed E-state index contributed by atoms with van der Waals surface area (Å²) in [7, 11) is 0.147. The predicted octanol–water partition coefficient (Wildman–Crippen LogP) is 2.15. The molecule has 1 aromatic heterocycles. The minimum absolute atomic E-state index is 0.00448. The summed E-state index contributed by atoms with van der Waals surface area (Å²) in [5, 5.41) is 3.06. The largest absolute Gasteiger partial charge is 0.315 e. The van der Waals surface area contributed by atoms with Crippen LogP contribution in [-0.4, -0.2) is 44.9 Å². The first-order valence-corrected chi connectivity index (χ1v) is 9.70. The zero-order chi connectivity index (χ0) is 14.6. The quantitative estimate of drug-likeness (QED) is 0.836. The van der Waals surface area contributed by atoms with Gasteiger partial charge in [0.25, 0.3) is 10.0 Å². The minimum atomic E-state index is -3.37. The van der Waals surface area contributed by atoms with Crippen LogP contribution in [0.3, 0.4) is 0 Å². The summed E-state index contributed by atoms with van der Waals surface area (Å²) >= 11 is 3.01. The van der Waals surface area contributed by atoms with Crippen molar-refractivity contribution in [2.45, 2.75) is 30.6 Å². The van der Waals surface area contributed by atoms with Gasteiger partial charge in [-0.25, -0.2) is 8.42 Å². The number of hydrogen-bond donors (Lipinski definition) is 1. The summed E-state index contributed by atoms with van der Waals surface area (Å²) in [4.78, 5) is 1.08. The molecule has 0 fully saturated rings. The molecule has 19 heavy (non-hydrogen) atoms. The molecule has 0 saturated carbocycles. The van der Waals surface area contributed by atoms with E-state index >= 15 is 0 Å². The summed E-state index contributed by atoms with van der Waals surface area (Å²) in [6.45, 7) is 4.59. The van der Waals surface area contributed by atoms with Crippen LogP contribution in [0.25, 0.3) is 0 Å². The van der Waals surface area contributed by atoms with Gasteiger partial charge < -0.3 is 5.32 Å². The number of thioether (sulfide) groups is 1. The monoisotopic (exact) mass is 322 g/mol. The van der Waals surface area contributed by atoms with Crippen molar-refractivity contribution < 1.29 is 8.42 Å². The molecule has 0 aromatic carbocycles. The molecule has 0 aliphatic heterocycles. The van der Waals surface area contributed by atoms with Crippen LogP contribution in [0.2, 0.25) is 0 Å². The van der Waals surface area contributed by atoms with Crippen LogP contribution in [0.4, 0.5) is 0 Å². The van der Waals surface area contributed by atoms with Gasteiger partial charge in [0.1, 0.15) is 4.21 Å². The lowest BCUT2D eigenvalue weighted by Gasteiger charge is -2.22. The molecule has 1 N–H and O–H groups in total. The molecule has 0 bridgehead atoms. The van der Waals surface area contributed by atoms with Gasteiger partial charge in [0.05, 0.1) is 0 Å². The van der Waals surface area contributed by atoms with Crippen LogP contribution in [0, 0.1) is 6.92 Å². The molecule has 1 rings (SSSR count). The van der Waals surface area contributed by atoms with Gasteiger partial charge in [0.2, 0.25) is 0 Å². The van der Waals surface area contributed by atoms with Gasteiger partial charge >= 0.3 is 0 Å². The van der Waals surface area contributed by atoms with Gasteiger partial charge in [-0.05, 0) is 38.8 Å². The number of thiophene rings is 1. The van der Waals surface area contributed by atoms with Crippen LogP contribution < -0.4 is 5.32 Å². The van der Waals surface area contributed by atoms with Crippen molar-refractivity contribution in [2.75, 3.05) is 26.1 Å². The van der Waals surface area contributed by atoms with E-state index in [-0.39, 0.29) is 6.04 Å². The van der Waals surface area contributed by atoms with E-state index in [9.17, 15) is 8.42 Å². The highest BCUT2D eigenvalue weighted by molar-refractivity contribution is 7.98. The third kappa shape index (κ3) is 3.95. The van der Waals surface area contributed by atoms with E-state index in [2.05, 4.69) is 5.32 Å². The maximum Gasteiger partial charge on any atom is 0.252 e. The second-order valence-corrected chi connectivity index (χ2v) is 8.80. The topological polar surface area (TPSA) is 49.4 Å². The van der Waals surface area contributed by atoms with Gasteiger partial charge in [-0.3, -0.25) is 0 Å². The molecule has 7 heteroatoms. The molecule has 0 spiro atoms. The van der Waals surface area contributed by atoms with Crippen molar-refractivity contribution in [1.29, 1.82) is 0 Å². The maximum atomic E-state index is 12.5. The minimum Gasteiger partial charge on any atom is -0.315 e. The Morgan fingerprint density at radius 1 is 1.53 bits per heavy atom. The van der Waals surface area contributed by atoms with E-state index in [0.717, 1.165) is 16.2 Å². The van der Waals surface area contributed by atoms with Gasteiger partial charge in [-0.15, -0.1) is 11.3 Å². The van der Waals surface area contributed by atoms with Gasteiger partial charge in [0, 0.05) is 30.3 Å². The normalized spacial score (nSPS) is 14.0. The third-order valence-corrected chi connectivity index (χ3v) is 7.47. The van der Waals surface area contributed by atoms with E-state index in [0.29, 0.717) is 10.8 Å². The molecule has 1 heterocycles. The molecule has 110 valence electrons. The molecule has 1 aromatic rings. The number of sulfonamides is 1. The Hall–Kier alpha value is -0.0800.